The van der Waals surface area contributed by atoms with E-state index in [1.807, 2.05) is 51.1 Å². The standard InChI is InChI=1S/C21H27NO3/c1-6-21(23)22(5)18-9-8-10-20(24-7-2)17(18)14-25-19-12-11-15(3)13-16(19)4/h8-13H,6-7,14H2,1-5H3. The van der Waals surface area contributed by atoms with Crippen LogP contribution < -0.4 is 14.4 Å². The molecular formula is C21H27NO3. The highest BCUT2D eigenvalue weighted by Gasteiger charge is 2.17. The van der Waals surface area contributed by atoms with Gasteiger partial charge in [0.2, 0.25) is 5.91 Å². The van der Waals surface area contributed by atoms with E-state index in [9.17, 15) is 4.79 Å². The molecule has 4 heteroatoms. The quantitative estimate of drug-likeness (QED) is 0.735. The SMILES string of the molecule is CCOc1cccc(N(C)C(=O)CC)c1COc1ccc(C)cc1C. The summed E-state index contributed by atoms with van der Waals surface area (Å²) in [4.78, 5) is 13.8. The van der Waals surface area contributed by atoms with Gasteiger partial charge in [-0.2, -0.15) is 0 Å². The Morgan fingerprint density at radius 2 is 1.80 bits per heavy atom. The zero-order chi connectivity index (χ0) is 18.4. The van der Waals surface area contributed by atoms with Gasteiger partial charge in [-0.05, 0) is 44.5 Å². The van der Waals surface area contributed by atoms with E-state index in [2.05, 4.69) is 13.0 Å². The Balaban J connectivity index is 2.34. The molecule has 0 aliphatic rings. The predicted octanol–water partition coefficient (Wildman–Crippen LogP) is 4.65. The smallest absolute Gasteiger partial charge is 0.226 e. The van der Waals surface area contributed by atoms with Crippen LogP contribution in [0.1, 0.15) is 37.0 Å². The lowest BCUT2D eigenvalue weighted by molar-refractivity contribution is -0.118. The van der Waals surface area contributed by atoms with Crippen molar-refractivity contribution in [1.82, 2.24) is 0 Å². The van der Waals surface area contributed by atoms with Crippen molar-refractivity contribution in [3.05, 3.63) is 53.1 Å². The van der Waals surface area contributed by atoms with E-state index in [1.54, 1.807) is 11.9 Å². The lowest BCUT2D eigenvalue weighted by Crippen LogP contribution is -2.26. The Morgan fingerprint density at radius 3 is 2.44 bits per heavy atom. The molecule has 0 saturated carbocycles. The fourth-order valence-electron chi connectivity index (χ4n) is 2.79. The van der Waals surface area contributed by atoms with Crippen molar-refractivity contribution in [2.75, 3.05) is 18.6 Å². The second kappa shape index (κ2) is 8.56. The molecule has 0 aromatic heterocycles. The molecule has 2 aromatic rings. The van der Waals surface area contributed by atoms with Crippen LogP contribution in [0.2, 0.25) is 0 Å². The van der Waals surface area contributed by atoms with E-state index in [1.165, 1.54) is 5.56 Å². The first-order valence-corrected chi connectivity index (χ1v) is 8.69. The van der Waals surface area contributed by atoms with Crippen LogP contribution in [0.25, 0.3) is 0 Å². The summed E-state index contributed by atoms with van der Waals surface area (Å²) in [5.74, 6) is 1.65. The molecule has 0 aliphatic heterocycles. The van der Waals surface area contributed by atoms with E-state index in [4.69, 9.17) is 9.47 Å². The Labute approximate surface area is 150 Å². The summed E-state index contributed by atoms with van der Waals surface area (Å²) in [6, 6.07) is 11.9. The molecule has 0 unspecified atom stereocenters. The van der Waals surface area contributed by atoms with Crippen LogP contribution in [-0.4, -0.2) is 19.6 Å². The molecular weight excluding hydrogens is 314 g/mol. The van der Waals surface area contributed by atoms with Crippen molar-refractivity contribution < 1.29 is 14.3 Å². The number of hydrogen-bond acceptors (Lipinski definition) is 3. The number of nitrogens with zero attached hydrogens (tertiary/aromatic N) is 1. The van der Waals surface area contributed by atoms with Crippen LogP contribution in [0.3, 0.4) is 0 Å². The second-order valence-corrected chi connectivity index (χ2v) is 6.05. The maximum atomic E-state index is 12.1. The summed E-state index contributed by atoms with van der Waals surface area (Å²) in [5, 5.41) is 0. The van der Waals surface area contributed by atoms with Crippen LogP contribution in [0.15, 0.2) is 36.4 Å². The van der Waals surface area contributed by atoms with Gasteiger partial charge < -0.3 is 14.4 Å². The summed E-state index contributed by atoms with van der Waals surface area (Å²) in [6.07, 6.45) is 0.451. The molecule has 25 heavy (non-hydrogen) atoms. The maximum absolute atomic E-state index is 12.1. The van der Waals surface area contributed by atoms with Gasteiger partial charge in [-0.25, -0.2) is 0 Å². The van der Waals surface area contributed by atoms with Gasteiger partial charge in [0.05, 0.1) is 17.9 Å². The number of aryl methyl sites for hydroxylation is 2. The minimum absolute atomic E-state index is 0.0569. The Morgan fingerprint density at radius 1 is 1.04 bits per heavy atom. The number of amides is 1. The van der Waals surface area contributed by atoms with Crippen molar-refractivity contribution in [3.8, 4) is 11.5 Å². The van der Waals surface area contributed by atoms with Gasteiger partial charge >= 0.3 is 0 Å². The molecule has 4 nitrogen and oxygen atoms in total. The van der Waals surface area contributed by atoms with Gasteiger partial charge in [0, 0.05) is 13.5 Å². The number of anilines is 1. The third-order valence-corrected chi connectivity index (χ3v) is 4.15. The molecule has 0 atom stereocenters. The number of carbonyl (C=O) groups excluding carboxylic acids is 1. The van der Waals surface area contributed by atoms with Crippen LogP contribution in [-0.2, 0) is 11.4 Å². The van der Waals surface area contributed by atoms with Gasteiger partial charge in [-0.15, -0.1) is 0 Å². The first kappa shape index (κ1) is 18.8. The van der Waals surface area contributed by atoms with E-state index in [0.29, 0.717) is 19.6 Å². The first-order valence-electron chi connectivity index (χ1n) is 8.69. The topological polar surface area (TPSA) is 38.8 Å². The van der Waals surface area contributed by atoms with Gasteiger partial charge in [-0.3, -0.25) is 4.79 Å². The Bertz CT molecular complexity index is 740. The van der Waals surface area contributed by atoms with Crippen molar-refractivity contribution in [2.24, 2.45) is 0 Å². The average molecular weight is 341 g/mol. The van der Waals surface area contributed by atoms with Crippen molar-refractivity contribution in [2.45, 2.75) is 40.7 Å². The minimum Gasteiger partial charge on any atom is -0.493 e. The fraction of sp³-hybridized carbons (Fsp3) is 0.381. The molecule has 2 rings (SSSR count). The molecule has 0 N–H and O–H groups in total. The second-order valence-electron chi connectivity index (χ2n) is 6.05. The minimum atomic E-state index is 0.0569. The van der Waals surface area contributed by atoms with Gasteiger partial charge in [-0.1, -0.05) is 30.7 Å². The number of ether oxygens (including phenoxy) is 2. The monoisotopic (exact) mass is 341 g/mol. The molecule has 0 fully saturated rings. The highest BCUT2D eigenvalue weighted by atomic mass is 16.5. The molecule has 0 radical (unpaired) electrons. The Hall–Kier alpha value is -2.49. The number of benzene rings is 2. The van der Waals surface area contributed by atoms with Gasteiger partial charge in [0.1, 0.15) is 18.1 Å². The first-order chi connectivity index (χ1) is 12.0. The van der Waals surface area contributed by atoms with E-state index in [-0.39, 0.29) is 5.91 Å². The van der Waals surface area contributed by atoms with E-state index < -0.39 is 0 Å². The molecule has 134 valence electrons. The summed E-state index contributed by atoms with van der Waals surface area (Å²) >= 11 is 0. The molecule has 0 heterocycles. The molecule has 0 saturated heterocycles. The lowest BCUT2D eigenvalue weighted by Gasteiger charge is -2.23. The van der Waals surface area contributed by atoms with Crippen LogP contribution in [0, 0.1) is 13.8 Å². The average Bonchev–Trinajstić information content (AvgIpc) is 2.60. The van der Waals surface area contributed by atoms with Crippen LogP contribution in [0.5, 0.6) is 11.5 Å². The summed E-state index contributed by atoms with van der Waals surface area (Å²) in [5.41, 5.74) is 4.00. The fourth-order valence-corrected chi connectivity index (χ4v) is 2.79. The van der Waals surface area contributed by atoms with E-state index in [0.717, 1.165) is 28.3 Å². The molecule has 0 bridgehead atoms. The highest BCUT2D eigenvalue weighted by molar-refractivity contribution is 5.93. The van der Waals surface area contributed by atoms with Crippen LogP contribution >= 0.6 is 0 Å². The third kappa shape index (κ3) is 4.53. The summed E-state index contributed by atoms with van der Waals surface area (Å²) < 4.78 is 11.8. The van der Waals surface area contributed by atoms with Gasteiger partial charge in [0.15, 0.2) is 0 Å². The normalized spacial score (nSPS) is 10.4. The number of rotatable bonds is 7. The molecule has 2 aromatic carbocycles. The predicted molar refractivity (Wildman–Crippen MR) is 102 cm³/mol. The summed E-state index contributed by atoms with van der Waals surface area (Å²) in [7, 11) is 1.79. The highest BCUT2D eigenvalue weighted by Crippen LogP contribution is 2.31. The zero-order valence-electron chi connectivity index (χ0n) is 15.8. The largest absolute Gasteiger partial charge is 0.493 e. The third-order valence-electron chi connectivity index (χ3n) is 4.15. The van der Waals surface area contributed by atoms with Gasteiger partial charge in [0.25, 0.3) is 0 Å². The van der Waals surface area contributed by atoms with Crippen molar-refractivity contribution >= 4 is 11.6 Å². The summed E-state index contributed by atoms with van der Waals surface area (Å²) in [6.45, 7) is 8.80. The Kier molecular flexibility index (Phi) is 6.45. The molecule has 0 spiro atoms. The molecule has 0 aliphatic carbocycles. The lowest BCUT2D eigenvalue weighted by atomic mass is 10.1. The van der Waals surface area contributed by atoms with Crippen molar-refractivity contribution in [1.29, 1.82) is 0 Å². The molecule has 1 amide bonds. The number of hydrogen-bond donors (Lipinski definition) is 0. The number of carbonyl (C=O) groups is 1. The zero-order valence-corrected chi connectivity index (χ0v) is 15.8. The van der Waals surface area contributed by atoms with Crippen LogP contribution in [0.4, 0.5) is 5.69 Å². The maximum Gasteiger partial charge on any atom is 0.226 e. The van der Waals surface area contributed by atoms with Crippen molar-refractivity contribution in [3.63, 3.8) is 0 Å². The van der Waals surface area contributed by atoms with E-state index >= 15 is 0 Å².